The number of para-hydroxylation sites is 1. The molecule has 1 atom stereocenters. The Morgan fingerprint density at radius 1 is 1.44 bits per heavy atom. The summed E-state index contributed by atoms with van der Waals surface area (Å²) in [5.74, 6) is 0.965. The third-order valence-corrected chi connectivity index (χ3v) is 4.35. The summed E-state index contributed by atoms with van der Waals surface area (Å²) < 4.78 is 5.34. The van der Waals surface area contributed by atoms with Crippen molar-refractivity contribution in [2.75, 3.05) is 20.2 Å². The number of aliphatic imine (C=N–C) groups is 1. The monoisotopic (exact) mass is 264 g/mol. The summed E-state index contributed by atoms with van der Waals surface area (Å²) in [4.78, 5) is 4.50. The van der Waals surface area contributed by atoms with Gasteiger partial charge in [-0.15, -0.1) is 0 Å². The maximum Gasteiger partial charge on any atom is 0.156 e. The van der Waals surface area contributed by atoms with Crippen molar-refractivity contribution in [3.8, 4) is 5.75 Å². The fraction of sp³-hybridized carbons (Fsp3) is 0.500. The van der Waals surface area contributed by atoms with Gasteiger partial charge in [0.05, 0.1) is 13.7 Å². The second-order valence-corrected chi connectivity index (χ2v) is 5.57. The van der Waals surface area contributed by atoms with Crippen molar-refractivity contribution in [3.05, 3.63) is 29.8 Å². The molecule has 18 heavy (non-hydrogen) atoms. The van der Waals surface area contributed by atoms with Crippen molar-refractivity contribution in [2.24, 2.45) is 4.99 Å². The van der Waals surface area contributed by atoms with E-state index in [0.717, 1.165) is 30.4 Å². The summed E-state index contributed by atoms with van der Waals surface area (Å²) in [5.41, 5.74) is 1.24. The number of nitrogens with one attached hydrogen (secondary N) is 1. The van der Waals surface area contributed by atoms with Crippen LogP contribution in [0.3, 0.4) is 0 Å². The summed E-state index contributed by atoms with van der Waals surface area (Å²) >= 11 is 1.86. The normalized spacial score (nSPS) is 18.6. The van der Waals surface area contributed by atoms with Gasteiger partial charge in [0.25, 0.3) is 0 Å². The molecular formula is C14H20N2OS. The van der Waals surface area contributed by atoms with Crippen LogP contribution in [0, 0.1) is 0 Å². The van der Waals surface area contributed by atoms with Gasteiger partial charge in [-0.05, 0) is 24.5 Å². The minimum Gasteiger partial charge on any atom is -0.496 e. The third-order valence-electron chi connectivity index (χ3n) is 3.04. The average Bonchev–Trinajstić information content (AvgIpc) is 2.87. The molecule has 98 valence electrons. The zero-order chi connectivity index (χ0) is 12.8. The molecule has 0 bridgehead atoms. The molecule has 1 aromatic carbocycles. The molecule has 1 heterocycles. The van der Waals surface area contributed by atoms with E-state index in [2.05, 4.69) is 23.3 Å². The van der Waals surface area contributed by atoms with Gasteiger partial charge in [-0.25, -0.2) is 0 Å². The minimum absolute atomic E-state index is 0.666. The fourth-order valence-electron chi connectivity index (χ4n) is 1.94. The number of hydrogen-bond donors (Lipinski definition) is 1. The first kappa shape index (κ1) is 13.3. The van der Waals surface area contributed by atoms with Gasteiger partial charge >= 0.3 is 0 Å². The van der Waals surface area contributed by atoms with E-state index < -0.39 is 0 Å². The second kappa shape index (κ2) is 6.69. The van der Waals surface area contributed by atoms with Gasteiger partial charge in [0.1, 0.15) is 5.75 Å². The van der Waals surface area contributed by atoms with E-state index >= 15 is 0 Å². The van der Waals surface area contributed by atoms with E-state index in [1.54, 1.807) is 7.11 Å². The van der Waals surface area contributed by atoms with Crippen LogP contribution in [-0.4, -0.2) is 30.6 Å². The number of thioether (sulfide) groups is 1. The molecule has 0 saturated carbocycles. The maximum atomic E-state index is 5.34. The molecule has 0 saturated heterocycles. The lowest BCUT2D eigenvalue weighted by Crippen LogP contribution is -2.22. The number of methoxy groups -OCH3 is 1. The number of hydrogen-bond acceptors (Lipinski definition) is 4. The first-order valence-electron chi connectivity index (χ1n) is 6.40. The Hall–Kier alpha value is -1.16. The fourth-order valence-corrected chi connectivity index (χ4v) is 2.91. The Balaban J connectivity index is 1.79. The molecule has 1 unspecified atom stereocenters. The van der Waals surface area contributed by atoms with Crippen molar-refractivity contribution >= 4 is 16.9 Å². The molecule has 1 aliphatic heterocycles. The first-order chi connectivity index (χ1) is 8.83. The average molecular weight is 264 g/mol. The molecule has 1 aliphatic rings. The number of nitrogens with zero attached hydrogens (tertiary/aromatic N) is 1. The Morgan fingerprint density at radius 3 is 3.00 bits per heavy atom. The van der Waals surface area contributed by atoms with Crippen molar-refractivity contribution in [1.29, 1.82) is 0 Å². The lowest BCUT2D eigenvalue weighted by atomic mass is 10.1. The van der Waals surface area contributed by atoms with Crippen LogP contribution in [0.5, 0.6) is 5.75 Å². The Morgan fingerprint density at radius 2 is 2.28 bits per heavy atom. The van der Waals surface area contributed by atoms with Gasteiger partial charge in [0, 0.05) is 11.8 Å². The molecule has 4 heteroatoms. The minimum atomic E-state index is 0.666. The third kappa shape index (κ3) is 3.42. The van der Waals surface area contributed by atoms with Crippen molar-refractivity contribution in [3.63, 3.8) is 0 Å². The van der Waals surface area contributed by atoms with Gasteiger partial charge in [-0.2, -0.15) is 0 Å². The van der Waals surface area contributed by atoms with Gasteiger partial charge in [-0.3, -0.25) is 4.99 Å². The molecule has 0 radical (unpaired) electrons. The molecule has 0 aliphatic carbocycles. The van der Waals surface area contributed by atoms with Gasteiger partial charge in [0.15, 0.2) is 5.17 Å². The van der Waals surface area contributed by atoms with E-state index in [4.69, 9.17) is 4.74 Å². The topological polar surface area (TPSA) is 33.6 Å². The summed E-state index contributed by atoms with van der Waals surface area (Å²) in [6.45, 7) is 4.08. The highest BCUT2D eigenvalue weighted by molar-refractivity contribution is 8.14. The lowest BCUT2D eigenvalue weighted by molar-refractivity contribution is 0.409. The predicted octanol–water partition coefficient (Wildman–Crippen LogP) is 2.71. The van der Waals surface area contributed by atoms with Crippen LogP contribution in [0.2, 0.25) is 0 Å². The molecule has 3 nitrogen and oxygen atoms in total. The van der Waals surface area contributed by atoms with E-state index in [1.807, 2.05) is 30.0 Å². The molecule has 0 amide bonds. The largest absolute Gasteiger partial charge is 0.496 e. The van der Waals surface area contributed by atoms with E-state index in [9.17, 15) is 0 Å². The molecule has 0 aromatic heterocycles. The lowest BCUT2D eigenvalue weighted by Gasteiger charge is -2.09. The number of benzene rings is 1. The molecular weight excluding hydrogens is 244 g/mol. The SMILES string of the molecule is CCC1CN=C(NCCc2ccccc2OC)S1. The van der Waals surface area contributed by atoms with Crippen molar-refractivity contribution < 1.29 is 4.74 Å². The summed E-state index contributed by atoms with van der Waals surface area (Å²) in [6.07, 6.45) is 2.15. The summed E-state index contributed by atoms with van der Waals surface area (Å²) in [6, 6.07) is 8.16. The molecule has 1 N–H and O–H groups in total. The summed E-state index contributed by atoms with van der Waals surface area (Å²) in [7, 11) is 1.72. The highest BCUT2D eigenvalue weighted by Gasteiger charge is 2.16. The van der Waals surface area contributed by atoms with Crippen molar-refractivity contribution in [1.82, 2.24) is 5.32 Å². The quantitative estimate of drug-likeness (QED) is 0.888. The van der Waals surface area contributed by atoms with Crippen LogP contribution in [0.4, 0.5) is 0 Å². The highest BCUT2D eigenvalue weighted by Crippen LogP contribution is 2.22. The van der Waals surface area contributed by atoms with Gasteiger partial charge in [-0.1, -0.05) is 36.9 Å². The molecule has 0 spiro atoms. The smallest absolute Gasteiger partial charge is 0.156 e. The first-order valence-corrected chi connectivity index (χ1v) is 7.28. The molecule has 2 rings (SSSR count). The maximum absolute atomic E-state index is 5.34. The van der Waals surface area contributed by atoms with Crippen LogP contribution < -0.4 is 10.1 Å². The van der Waals surface area contributed by atoms with Crippen molar-refractivity contribution in [2.45, 2.75) is 25.0 Å². The second-order valence-electron chi connectivity index (χ2n) is 4.28. The number of rotatable bonds is 5. The van der Waals surface area contributed by atoms with E-state index in [-0.39, 0.29) is 0 Å². The highest BCUT2D eigenvalue weighted by atomic mass is 32.2. The zero-order valence-corrected chi connectivity index (χ0v) is 11.8. The Bertz CT molecular complexity index is 420. The van der Waals surface area contributed by atoms with Crippen LogP contribution in [-0.2, 0) is 6.42 Å². The Labute approximate surface area is 113 Å². The van der Waals surface area contributed by atoms with E-state index in [0.29, 0.717) is 5.25 Å². The predicted molar refractivity (Wildman–Crippen MR) is 78.7 cm³/mol. The number of amidine groups is 1. The van der Waals surface area contributed by atoms with Crippen LogP contribution in [0.1, 0.15) is 18.9 Å². The Kier molecular flexibility index (Phi) is 4.93. The standard InChI is InChI=1S/C14H20N2OS/c1-3-12-10-16-14(18-12)15-9-8-11-6-4-5-7-13(11)17-2/h4-7,12H,3,8-10H2,1-2H3,(H,15,16). The van der Waals surface area contributed by atoms with Gasteiger partial charge in [0.2, 0.25) is 0 Å². The van der Waals surface area contributed by atoms with Gasteiger partial charge < -0.3 is 10.1 Å². The summed E-state index contributed by atoms with van der Waals surface area (Å²) in [5, 5.41) is 5.16. The van der Waals surface area contributed by atoms with Crippen LogP contribution >= 0.6 is 11.8 Å². The van der Waals surface area contributed by atoms with Crippen LogP contribution in [0.15, 0.2) is 29.3 Å². The zero-order valence-electron chi connectivity index (χ0n) is 11.0. The van der Waals surface area contributed by atoms with Crippen LogP contribution in [0.25, 0.3) is 0 Å². The van der Waals surface area contributed by atoms with E-state index in [1.165, 1.54) is 12.0 Å². The molecule has 1 aromatic rings. The molecule has 0 fully saturated rings. The number of ether oxygens (including phenoxy) is 1.